The maximum absolute atomic E-state index is 12.8. The first-order valence-corrected chi connectivity index (χ1v) is 8.03. The van der Waals surface area contributed by atoms with Crippen molar-refractivity contribution in [2.45, 2.75) is 26.3 Å². The lowest BCUT2D eigenvalue weighted by Gasteiger charge is -2.38. The number of piperidine rings is 1. The average Bonchev–Trinajstić information content (AvgIpc) is 2.58. The lowest BCUT2D eigenvalue weighted by molar-refractivity contribution is 0.0634. The molecule has 0 N–H and O–H groups in total. The van der Waals surface area contributed by atoms with Crippen molar-refractivity contribution in [3.05, 3.63) is 71.8 Å². The minimum absolute atomic E-state index is 0.214. The summed E-state index contributed by atoms with van der Waals surface area (Å²) in [7, 11) is 0. The van der Waals surface area contributed by atoms with E-state index in [0.717, 1.165) is 38.0 Å². The number of likely N-dealkylation sites (tertiary alicyclic amines) is 1. The fourth-order valence-corrected chi connectivity index (χ4v) is 3.21. The van der Waals surface area contributed by atoms with Gasteiger partial charge in [0.25, 0.3) is 0 Å². The van der Waals surface area contributed by atoms with E-state index in [2.05, 4.69) is 42.2 Å². The predicted octanol–water partition coefficient (Wildman–Crippen LogP) is 4.17. The molecule has 1 aliphatic heterocycles. The van der Waals surface area contributed by atoms with Crippen molar-refractivity contribution in [2.75, 3.05) is 13.1 Å². The Bertz CT molecular complexity index is 613. The minimum atomic E-state index is -0.214. The van der Waals surface area contributed by atoms with E-state index in [1.807, 2.05) is 30.3 Å². The molecule has 0 radical (unpaired) electrons. The van der Waals surface area contributed by atoms with E-state index in [4.69, 9.17) is 0 Å². The first kappa shape index (κ1) is 15.0. The summed E-state index contributed by atoms with van der Waals surface area (Å²) in [5, 5.41) is 0. The molecule has 1 aliphatic rings. The molecule has 2 aromatic rings. The third kappa shape index (κ3) is 3.28. The van der Waals surface area contributed by atoms with E-state index in [9.17, 15) is 4.79 Å². The number of carbonyl (C=O) groups is 1. The van der Waals surface area contributed by atoms with Crippen LogP contribution in [0.3, 0.4) is 0 Å². The SMILES string of the molecule is CC1(C(=O)c2ccccc2)CCN(Cc2ccccc2)CC1. The van der Waals surface area contributed by atoms with Gasteiger partial charge in [-0.1, -0.05) is 67.6 Å². The fourth-order valence-electron chi connectivity index (χ4n) is 3.21. The smallest absolute Gasteiger partial charge is 0.168 e. The molecule has 2 nitrogen and oxygen atoms in total. The highest BCUT2D eigenvalue weighted by atomic mass is 16.1. The van der Waals surface area contributed by atoms with Crippen molar-refractivity contribution in [1.82, 2.24) is 4.90 Å². The number of Topliss-reactive ketones (excluding diaryl/α,β-unsaturated/α-hetero) is 1. The zero-order valence-corrected chi connectivity index (χ0v) is 13.2. The molecule has 1 saturated heterocycles. The van der Waals surface area contributed by atoms with Crippen LogP contribution in [0, 0.1) is 5.41 Å². The number of hydrogen-bond acceptors (Lipinski definition) is 2. The molecule has 0 spiro atoms. The van der Waals surface area contributed by atoms with Crippen LogP contribution in [-0.4, -0.2) is 23.8 Å². The van der Waals surface area contributed by atoms with Gasteiger partial charge in [0.2, 0.25) is 0 Å². The normalized spacial score (nSPS) is 18.0. The van der Waals surface area contributed by atoms with E-state index in [1.54, 1.807) is 0 Å². The third-order valence-corrected chi connectivity index (χ3v) is 4.79. The van der Waals surface area contributed by atoms with Gasteiger partial charge in [0.05, 0.1) is 0 Å². The maximum Gasteiger partial charge on any atom is 0.168 e. The Morgan fingerprint density at radius 3 is 2.09 bits per heavy atom. The summed E-state index contributed by atoms with van der Waals surface area (Å²) in [5.41, 5.74) is 1.98. The van der Waals surface area contributed by atoms with Crippen LogP contribution in [0.1, 0.15) is 35.7 Å². The van der Waals surface area contributed by atoms with E-state index < -0.39 is 0 Å². The van der Waals surface area contributed by atoms with Crippen molar-refractivity contribution in [3.63, 3.8) is 0 Å². The molecular weight excluding hydrogens is 270 g/mol. The van der Waals surface area contributed by atoms with Gasteiger partial charge in [-0.3, -0.25) is 9.69 Å². The van der Waals surface area contributed by atoms with Crippen LogP contribution in [0.15, 0.2) is 60.7 Å². The molecule has 0 aromatic heterocycles. The number of benzene rings is 2. The molecule has 1 fully saturated rings. The molecule has 2 heteroatoms. The summed E-state index contributed by atoms with van der Waals surface area (Å²) in [5.74, 6) is 0.299. The van der Waals surface area contributed by atoms with Crippen LogP contribution in [0.4, 0.5) is 0 Å². The molecule has 22 heavy (non-hydrogen) atoms. The van der Waals surface area contributed by atoms with Crippen LogP contribution >= 0.6 is 0 Å². The molecule has 0 unspecified atom stereocenters. The summed E-state index contributed by atoms with van der Waals surface area (Å²) in [6.45, 7) is 5.09. The summed E-state index contributed by atoms with van der Waals surface area (Å²) >= 11 is 0. The van der Waals surface area contributed by atoms with Gasteiger partial charge < -0.3 is 0 Å². The maximum atomic E-state index is 12.8. The topological polar surface area (TPSA) is 20.3 Å². The summed E-state index contributed by atoms with van der Waals surface area (Å²) in [4.78, 5) is 15.2. The summed E-state index contributed by atoms with van der Waals surface area (Å²) in [6.07, 6.45) is 1.88. The zero-order valence-electron chi connectivity index (χ0n) is 13.2. The summed E-state index contributed by atoms with van der Waals surface area (Å²) < 4.78 is 0. The van der Waals surface area contributed by atoms with Crippen LogP contribution in [0.5, 0.6) is 0 Å². The van der Waals surface area contributed by atoms with Crippen molar-refractivity contribution in [3.8, 4) is 0 Å². The highest BCUT2D eigenvalue weighted by Gasteiger charge is 2.37. The Hall–Kier alpha value is -1.93. The lowest BCUT2D eigenvalue weighted by atomic mass is 9.74. The quantitative estimate of drug-likeness (QED) is 0.788. The highest BCUT2D eigenvalue weighted by Crippen LogP contribution is 2.34. The number of hydrogen-bond donors (Lipinski definition) is 0. The van der Waals surface area contributed by atoms with Crippen LogP contribution in [0.2, 0.25) is 0 Å². The van der Waals surface area contributed by atoms with Gasteiger partial charge in [0.1, 0.15) is 0 Å². The molecule has 0 bridgehead atoms. The Morgan fingerprint density at radius 1 is 0.955 bits per heavy atom. The Labute approximate surface area is 132 Å². The van der Waals surface area contributed by atoms with Gasteiger partial charge in [0, 0.05) is 17.5 Å². The Kier molecular flexibility index (Phi) is 4.39. The third-order valence-electron chi connectivity index (χ3n) is 4.79. The fraction of sp³-hybridized carbons (Fsp3) is 0.350. The van der Waals surface area contributed by atoms with Gasteiger partial charge in [-0.05, 0) is 31.5 Å². The largest absolute Gasteiger partial charge is 0.299 e. The first-order chi connectivity index (χ1) is 10.7. The highest BCUT2D eigenvalue weighted by molar-refractivity contribution is 6.00. The van der Waals surface area contributed by atoms with Crippen molar-refractivity contribution in [2.24, 2.45) is 5.41 Å². The van der Waals surface area contributed by atoms with E-state index in [0.29, 0.717) is 5.78 Å². The average molecular weight is 293 g/mol. The molecule has 2 aromatic carbocycles. The predicted molar refractivity (Wildman–Crippen MR) is 89.8 cm³/mol. The molecule has 114 valence electrons. The molecule has 0 amide bonds. The number of rotatable bonds is 4. The molecule has 0 saturated carbocycles. The van der Waals surface area contributed by atoms with Crippen molar-refractivity contribution in [1.29, 1.82) is 0 Å². The van der Waals surface area contributed by atoms with Crippen molar-refractivity contribution < 1.29 is 4.79 Å². The van der Waals surface area contributed by atoms with E-state index in [-0.39, 0.29) is 5.41 Å². The standard InChI is InChI=1S/C20H23NO/c1-20(19(22)18-10-6-3-7-11-18)12-14-21(15-13-20)16-17-8-4-2-5-9-17/h2-11H,12-16H2,1H3. The minimum Gasteiger partial charge on any atom is -0.299 e. The van der Waals surface area contributed by atoms with Gasteiger partial charge in [-0.15, -0.1) is 0 Å². The second-order valence-electron chi connectivity index (χ2n) is 6.52. The van der Waals surface area contributed by atoms with Crippen LogP contribution < -0.4 is 0 Å². The molecular formula is C20H23NO. The van der Waals surface area contributed by atoms with Crippen molar-refractivity contribution >= 4 is 5.78 Å². The van der Waals surface area contributed by atoms with Gasteiger partial charge in [-0.2, -0.15) is 0 Å². The first-order valence-electron chi connectivity index (χ1n) is 8.03. The monoisotopic (exact) mass is 293 g/mol. The Morgan fingerprint density at radius 2 is 1.50 bits per heavy atom. The molecule has 3 rings (SSSR count). The van der Waals surface area contributed by atoms with E-state index in [1.165, 1.54) is 5.56 Å². The second kappa shape index (κ2) is 6.45. The van der Waals surface area contributed by atoms with Gasteiger partial charge >= 0.3 is 0 Å². The lowest BCUT2D eigenvalue weighted by Crippen LogP contribution is -2.42. The van der Waals surface area contributed by atoms with Gasteiger partial charge in [0.15, 0.2) is 5.78 Å². The number of carbonyl (C=O) groups excluding carboxylic acids is 1. The molecule has 1 heterocycles. The van der Waals surface area contributed by atoms with E-state index >= 15 is 0 Å². The molecule has 0 aliphatic carbocycles. The number of ketones is 1. The van der Waals surface area contributed by atoms with Crippen LogP contribution in [0.25, 0.3) is 0 Å². The Balaban J connectivity index is 1.62. The number of nitrogens with zero attached hydrogens (tertiary/aromatic N) is 1. The zero-order chi connectivity index (χ0) is 15.4. The van der Waals surface area contributed by atoms with Gasteiger partial charge in [-0.25, -0.2) is 0 Å². The second-order valence-corrected chi connectivity index (χ2v) is 6.52. The van der Waals surface area contributed by atoms with Crippen LogP contribution in [-0.2, 0) is 6.54 Å². The summed E-state index contributed by atoms with van der Waals surface area (Å²) in [6, 6.07) is 20.3. The molecule has 0 atom stereocenters.